The number of hydrogen-bond donors (Lipinski definition) is 0. The van der Waals surface area contributed by atoms with Crippen LogP contribution >= 0.6 is 0 Å². The number of para-hydroxylation sites is 1. The van der Waals surface area contributed by atoms with Crippen molar-refractivity contribution in [2.45, 2.75) is 20.1 Å². The van der Waals surface area contributed by atoms with Gasteiger partial charge in [-0.25, -0.2) is 14.0 Å². The van der Waals surface area contributed by atoms with Crippen LogP contribution in [0.25, 0.3) is 4.85 Å². The first kappa shape index (κ1) is 22.0. The van der Waals surface area contributed by atoms with Crippen LogP contribution in [0, 0.1) is 19.3 Å². The molecule has 0 spiro atoms. The number of esters is 1. The van der Waals surface area contributed by atoms with Gasteiger partial charge in [0.1, 0.15) is 23.9 Å². The van der Waals surface area contributed by atoms with Gasteiger partial charge in [0, 0.05) is 17.7 Å². The summed E-state index contributed by atoms with van der Waals surface area (Å²) in [5.74, 6) is -1.02. The Morgan fingerprint density at radius 2 is 1.68 bits per heavy atom. The SMILES string of the molecule is [C-]#[N+]c1c(CN(C)C)c(F)c(C)c(C(=O)Oc2ccccc2)c1OCc1ccccc1. The number of rotatable bonds is 7. The number of nitrogens with zero attached hydrogens (tertiary/aromatic N) is 2. The molecule has 0 saturated heterocycles. The highest BCUT2D eigenvalue weighted by Crippen LogP contribution is 2.41. The number of ether oxygens (including phenoxy) is 2. The maximum atomic E-state index is 15.3. The van der Waals surface area contributed by atoms with Gasteiger partial charge < -0.3 is 14.4 Å². The van der Waals surface area contributed by atoms with E-state index in [1.165, 1.54) is 6.92 Å². The fraction of sp³-hybridized carbons (Fsp3) is 0.200. The lowest BCUT2D eigenvalue weighted by atomic mass is 9.99. The van der Waals surface area contributed by atoms with Crippen LogP contribution in [0.4, 0.5) is 10.1 Å². The normalized spacial score (nSPS) is 10.6. The van der Waals surface area contributed by atoms with Crippen LogP contribution in [-0.2, 0) is 13.2 Å². The molecule has 0 aliphatic rings. The quantitative estimate of drug-likeness (QED) is 0.287. The molecule has 158 valence electrons. The van der Waals surface area contributed by atoms with E-state index in [0.29, 0.717) is 5.75 Å². The van der Waals surface area contributed by atoms with Gasteiger partial charge in [0.2, 0.25) is 5.69 Å². The Bertz CT molecular complexity index is 1110. The van der Waals surface area contributed by atoms with Crippen molar-refractivity contribution in [2.75, 3.05) is 14.1 Å². The van der Waals surface area contributed by atoms with E-state index in [0.717, 1.165) is 5.56 Å². The summed E-state index contributed by atoms with van der Waals surface area (Å²) in [4.78, 5) is 18.3. The van der Waals surface area contributed by atoms with Crippen molar-refractivity contribution in [1.29, 1.82) is 0 Å². The van der Waals surface area contributed by atoms with E-state index < -0.39 is 11.8 Å². The van der Waals surface area contributed by atoms with E-state index in [1.54, 1.807) is 49.3 Å². The molecule has 0 amide bonds. The summed E-state index contributed by atoms with van der Waals surface area (Å²) in [6, 6.07) is 17.9. The van der Waals surface area contributed by atoms with Crippen LogP contribution < -0.4 is 9.47 Å². The minimum Gasteiger partial charge on any atom is -0.499 e. The molecule has 0 fully saturated rings. The maximum absolute atomic E-state index is 15.3. The Labute approximate surface area is 181 Å². The van der Waals surface area contributed by atoms with Crippen LogP contribution in [0.15, 0.2) is 60.7 Å². The summed E-state index contributed by atoms with van der Waals surface area (Å²) in [5.41, 5.74) is 1.04. The molecule has 0 heterocycles. The predicted octanol–water partition coefficient (Wildman–Crippen LogP) is 5.54. The molecule has 0 N–H and O–H groups in total. The second kappa shape index (κ2) is 9.88. The molecule has 0 aromatic heterocycles. The Hall–Kier alpha value is -3.69. The Balaban J connectivity index is 2.11. The lowest BCUT2D eigenvalue weighted by molar-refractivity contribution is 0.0728. The molecule has 3 aromatic rings. The summed E-state index contributed by atoms with van der Waals surface area (Å²) < 4.78 is 26.7. The van der Waals surface area contributed by atoms with E-state index in [4.69, 9.17) is 16.0 Å². The van der Waals surface area contributed by atoms with Gasteiger partial charge in [-0.2, -0.15) is 0 Å². The zero-order valence-corrected chi connectivity index (χ0v) is 17.7. The Morgan fingerprint density at radius 3 is 2.26 bits per heavy atom. The number of carbonyl (C=O) groups is 1. The smallest absolute Gasteiger partial charge is 0.346 e. The summed E-state index contributed by atoms with van der Waals surface area (Å²) in [5, 5.41) is 0. The van der Waals surface area contributed by atoms with Crippen molar-refractivity contribution in [3.63, 3.8) is 0 Å². The first-order valence-electron chi connectivity index (χ1n) is 9.73. The molecule has 0 saturated carbocycles. The fourth-order valence-electron chi connectivity index (χ4n) is 3.21. The van der Waals surface area contributed by atoms with E-state index >= 15 is 4.39 Å². The molecule has 0 aliphatic carbocycles. The van der Waals surface area contributed by atoms with E-state index in [9.17, 15) is 4.79 Å². The van der Waals surface area contributed by atoms with Gasteiger partial charge in [-0.05, 0) is 38.7 Å². The first-order valence-corrected chi connectivity index (χ1v) is 9.73. The third kappa shape index (κ3) is 5.08. The fourth-order valence-corrected chi connectivity index (χ4v) is 3.21. The maximum Gasteiger partial charge on any atom is 0.346 e. The predicted molar refractivity (Wildman–Crippen MR) is 117 cm³/mol. The second-order valence-corrected chi connectivity index (χ2v) is 7.30. The van der Waals surface area contributed by atoms with Gasteiger partial charge in [-0.1, -0.05) is 48.5 Å². The van der Waals surface area contributed by atoms with Crippen molar-refractivity contribution in [3.05, 3.63) is 100 Å². The molecule has 0 unspecified atom stereocenters. The number of halogens is 1. The lowest BCUT2D eigenvalue weighted by Crippen LogP contribution is -2.18. The highest BCUT2D eigenvalue weighted by atomic mass is 19.1. The molecular formula is C25H23FN2O3. The van der Waals surface area contributed by atoms with Gasteiger partial charge in [0.05, 0.1) is 12.1 Å². The standard InChI is InChI=1S/C25H23FN2O3/c1-17-21(25(29)31-19-13-9-6-10-14-19)24(30-16-18-11-7-5-8-12-18)23(27-2)20(22(17)26)15-28(3)4/h5-14H,15-16H2,1,3-4H3. The topological polar surface area (TPSA) is 43.1 Å². The van der Waals surface area contributed by atoms with Crippen LogP contribution in [0.3, 0.4) is 0 Å². The van der Waals surface area contributed by atoms with Gasteiger partial charge in [-0.15, -0.1) is 0 Å². The van der Waals surface area contributed by atoms with E-state index in [1.807, 2.05) is 30.3 Å². The van der Waals surface area contributed by atoms with Gasteiger partial charge in [0.25, 0.3) is 0 Å². The van der Waals surface area contributed by atoms with E-state index in [-0.39, 0.29) is 41.3 Å². The molecule has 6 heteroatoms. The van der Waals surface area contributed by atoms with E-state index in [2.05, 4.69) is 4.85 Å². The van der Waals surface area contributed by atoms with Gasteiger partial charge in [-0.3, -0.25) is 0 Å². The molecule has 31 heavy (non-hydrogen) atoms. The van der Waals surface area contributed by atoms with Crippen LogP contribution in [0.1, 0.15) is 27.0 Å². The third-order valence-corrected chi connectivity index (χ3v) is 4.67. The molecule has 0 radical (unpaired) electrons. The van der Waals surface area contributed by atoms with Crippen molar-refractivity contribution in [1.82, 2.24) is 4.90 Å². The Morgan fingerprint density at radius 1 is 1.06 bits per heavy atom. The summed E-state index contributed by atoms with van der Waals surface area (Å²) >= 11 is 0. The number of benzene rings is 3. The average molecular weight is 418 g/mol. The molecule has 0 atom stereocenters. The minimum atomic E-state index is -0.771. The molecule has 5 nitrogen and oxygen atoms in total. The average Bonchev–Trinajstić information content (AvgIpc) is 2.76. The zero-order valence-electron chi connectivity index (χ0n) is 17.7. The van der Waals surface area contributed by atoms with Crippen molar-refractivity contribution in [2.24, 2.45) is 0 Å². The first-order chi connectivity index (χ1) is 14.9. The highest BCUT2D eigenvalue weighted by Gasteiger charge is 2.29. The van der Waals surface area contributed by atoms with Crippen LogP contribution in [0.5, 0.6) is 11.5 Å². The monoisotopic (exact) mass is 418 g/mol. The van der Waals surface area contributed by atoms with Gasteiger partial charge >= 0.3 is 5.97 Å². The number of hydrogen-bond acceptors (Lipinski definition) is 4. The lowest BCUT2D eigenvalue weighted by Gasteiger charge is -2.20. The Kier molecular flexibility index (Phi) is 7.01. The highest BCUT2D eigenvalue weighted by molar-refractivity contribution is 5.98. The summed E-state index contributed by atoms with van der Waals surface area (Å²) in [6.07, 6.45) is 0. The molecular weight excluding hydrogens is 395 g/mol. The molecule has 3 rings (SSSR count). The third-order valence-electron chi connectivity index (χ3n) is 4.67. The van der Waals surface area contributed by atoms with Crippen molar-refractivity contribution in [3.8, 4) is 11.5 Å². The molecule has 0 bridgehead atoms. The molecule has 0 aliphatic heterocycles. The van der Waals surface area contributed by atoms with Crippen LogP contribution in [0.2, 0.25) is 0 Å². The van der Waals surface area contributed by atoms with Crippen LogP contribution in [-0.4, -0.2) is 25.0 Å². The summed E-state index contributed by atoms with van der Waals surface area (Å²) in [7, 11) is 3.56. The zero-order chi connectivity index (χ0) is 22.4. The number of carbonyl (C=O) groups excluding carboxylic acids is 1. The minimum absolute atomic E-state index is 0.0206. The summed E-state index contributed by atoms with van der Waals surface area (Å²) in [6.45, 7) is 9.51. The van der Waals surface area contributed by atoms with Crippen molar-refractivity contribution < 1.29 is 18.7 Å². The van der Waals surface area contributed by atoms with Crippen molar-refractivity contribution >= 4 is 11.7 Å². The second-order valence-electron chi connectivity index (χ2n) is 7.30. The molecule has 3 aromatic carbocycles. The largest absolute Gasteiger partial charge is 0.499 e. The van der Waals surface area contributed by atoms with Gasteiger partial charge in [0.15, 0.2) is 0 Å².